The van der Waals surface area contributed by atoms with Crippen molar-refractivity contribution in [3.63, 3.8) is 0 Å². The Morgan fingerprint density at radius 1 is 0.556 bits per heavy atom. The molecule has 0 spiro atoms. The van der Waals surface area contributed by atoms with Gasteiger partial charge in [-0.3, -0.25) is 0 Å². The average molecular weight is 704 g/mol. The van der Waals surface area contributed by atoms with E-state index in [1.807, 2.05) is 24.5 Å². The molecule has 0 bridgehead atoms. The molecule has 0 amide bonds. The SMILES string of the molecule is C[CH2][Zr]([Cl])([Cl])([CH]1C(C)=Cc2c(-c3cccc4cccnc34)cccc21)[CH]1C(C)=Cc2c(-c3cccc4cccnc34)cccc21. The Kier molecular flexibility index (Phi) is 6.85. The van der Waals surface area contributed by atoms with Gasteiger partial charge in [-0.2, -0.15) is 0 Å². The number of hydrogen-bond acceptors (Lipinski definition) is 2. The van der Waals surface area contributed by atoms with E-state index in [0.29, 0.717) is 0 Å². The number of para-hydroxylation sites is 2. The van der Waals surface area contributed by atoms with Gasteiger partial charge in [0.05, 0.1) is 0 Å². The van der Waals surface area contributed by atoms with Gasteiger partial charge in [0.15, 0.2) is 0 Å². The van der Waals surface area contributed by atoms with Gasteiger partial charge in [-0.05, 0) is 0 Å². The molecule has 2 aliphatic rings. The molecule has 2 aliphatic carbocycles. The molecule has 2 unspecified atom stereocenters. The summed E-state index contributed by atoms with van der Waals surface area (Å²) in [7, 11) is 16.6. The summed E-state index contributed by atoms with van der Waals surface area (Å²) in [5, 5.41) is 2.27. The molecule has 8 rings (SSSR count). The van der Waals surface area contributed by atoms with Crippen LogP contribution in [0.2, 0.25) is 4.13 Å². The van der Waals surface area contributed by atoms with Crippen LogP contribution in [-0.4, -0.2) is 9.97 Å². The van der Waals surface area contributed by atoms with Crippen LogP contribution in [0.25, 0.3) is 56.2 Å². The van der Waals surface area contributed by atoms with Gasteiger partial charge in [-0.1, -0.05) is 0 Å². The normalized spacial score (nSPS) is 18.3. The first-order valence-electron chi connectivity index (χ1n) is 15.7. The first-order valence-corrected chi connectivity index (χ1v) is 26.6. The fraction of sp³-hybridized carbons (Fsp3) is 0.150. The van der Waals surface area contributed by atoms with Crippen LogP contribution in [0, 0.1) is 0 Å². The molecular weight excluding hydrogens is 671 g/mol. The number of benzene rings is 4. The Morgan fingerprint density at radius 2 is 0.956 bits per heavy atom. The van der Waals surface area contributed by atoms with Crippen molar-refractivity contribution < 1.29 is 16.4 Å². The van der Waals surface area contributed by atoms with Gasteiger partial charge in [0.1, 0.15) is 0 Å². The summed E-state index contributed by atoms with van der Waals surface area (Å²) in [6.45, 7) is 6.69. The molecule has 0 aliphatic heterocycles. The minimum absolute atomic E-state index is 0.000151. The van der Waals surface area contributed by atoms with Gasteiger partial charge in [0, 0.05) is 0 Å². The van der Waals surface area contributed by atoms with E-state index in [4.69, 9.17) is 27.0 Å². The van der Waals surface area contributed by atoms with E-state index >= 15 is 0 Å². The Labute approximate surface area is 272 Å². The van der Waals surface area contributed by atoms with Crippen molar-refractivity contribution in [3.05, 3.63) is 143 Å². The molecule has 2 nitrogen and oxygen atoms in total. The molecular formula is C40H33Cl2N2Zr. The first kappa shape index (κ1) is 29.1. The Balaban J connectivity index is 1.30. The van der Waals surface area contributed by atoms with Gasteiger partial charge in [-0.25, -0.2) is 0 Å². The van der Waals surface area contributed by atoms with Crippen LogP contribution in [0.4, 0.5) is 0 Å². The standard InChI is InChI=1S/2C19H14N.C2H5.2ClH.Zr/c2*1-13-11-15-6-3-8-16(18(15)12-13)17-9-2-5-14-7-4-10-20-19(14)17;1-2;;;/h2*2-12H,1H3;1H2,2H3;2*1H;/q;;;;;+2/p-2. The van der Waals surface area contributed by atoms with E-state index in [0.717, 1.165) is 37.1 Å². The number of hydrogen-bond donors (Lipinski definition) is 0. The summed E-state index contributed by atoms with van der Waals surface area (Å²) in [6, 6.07) is 34.4. The summed E-state index contributed by atoms with van der Waals surface area (Å²) >= 11 is -4.80. The molecule has 0 fully saturated rings. The van der Waals surface area contributed by atoms with E-state index in [9.17, 15) is 0 Å². The quantitative estimate of drug-likeness (QED) is 0.179. The van der Waals surface area contributed by atoms with Crippen molar-refractivity contribution in [2.24, 2.45) is 0 Å². The molecule has 0 N–H and O–H groups in total. The zero-order valence-electron chi connectivity index (χ0n) is 25.6. The number of aromatic nitrogens is 2. The fourth-order valence-corrected chi connectivity index (χ4v) is 27.4. The summed E-state index contributed by atoms with van der Waals surface area (Å²) < 4.78 is 0.773. The van der Waals surface area contributed by atoms with Crippen LogP contribution >= 0.6 is 17.0 Å². The second-order valence-corrected chi connectivity index (χ2v) is 35.6. The summed E-state index contributed by atoms with van der Waals surface area (Å²) in [5.41, 5.74) is 14.2. The number of pyridine rings is 2. The van der Waals surface area contributed by atoms with E-state index < -0.39 is 16.4 Å². The van der Waals surface area contributed by atoms with Gasteiger partial charge < -0.3 is 0 Å². The topological polar surface area (TPSA) is 25.8 Å². The van der Waals surface area contributed by atoms with Crippen LogP contribution in [-0.2, 0) is 16.4 Å². The van der Waals surface area contributed by atoms with Gasteiger partial charge in [0.2, 0.25) is 0 Å². The van der Waals surface area contributed by atoms with Crippen LogP contribution in [0.15, 0.2) is 121 Å². The van der Waals surface area contributed by atoms with Crippen molar-refractivity contribution in [1.82, 2.24) is 9.97 Å². The predicted octanol–water partition coefficient (Wildman–Crippen LogP) is 12.2. The summed E-state index contributed by atoms with van der Waals surface area (Å²) in [4.78, 5) is 9.56. The number of rotatable bonds is 5. The summed E-state index contributed by atoms with van der Waals surface area (Å²) in [6.07, 6.45) is 8.44. The van der Waals surface area contributed by atoms with Gasteiger partial charge in [-0.15, -0.1) is 0 Å². The third-order valence-electron chi connectivity index (χ3n) is 10.3. The third-order valence-corrected chi connectivity index (χ3v) is 31.5. The molecule has 0 saturated heterocycles. The van der Waals surface area contributed by atoms with E-state index in [2.05, 4.69) is 118 Å². The molecule has 221 valence electrons. The molecule has 5 heteroatoms. The number of halogens is 2. The van der Waals surface area contributed by atoms with E-state index in [-0.39, 0.29) is 7.25 Å². The second-order valence-electron chi connectivity index (χ2n) is 12.7. The molecule has 2 atom stereocenters. The monoisotopic (exact) mass is 701 g/mol. The zero-order chi connectivity index (χ0) is 30.9. The molecule has 4 aromatic carbocycles. The molecule has 2 aromatic heterocycles. The third kappa shape index (κ3) is 4.31. The van der Waals surface area contributed by atoms with Crippen molar-refractivity contribution in [1.29, 1.82) is 0 Å². The van der Waals surface area contributed by atoms with Crippen molar-refractivity contribution >= 4 is 51.0 Å². The van der Waals surface area contributed by atoms with Gasteiger partial charge >= 0.3 is 275 Å². The minimum atomic E-state index is -4.80. The molecule has 6 aromatic rings. The van der Waals surface area contributed by atoms with Crippen LogP contribution in [0.1, 0.15) is 50.3 Å². The predicted molar refractivity (Wildman–Crippen MR) is 189 cm³/mol. The Bertz CT molecular complexity index is 2080. The average Bonchev–Trinajstić information content (AvgIpc) is 3.61. The fourth-order valence-electron chi connectivity index (χ4n) is 8.36. The van der Waals surface area contributed by atoms with Crippen LogP contribution in [0.5, 0.6) is 0 Å². The van der Waals surface area contributed by atoms with E-state index in [1.54, 1.807) is 0 Å². The molecule has 0 radical (unpaired) electrons. The summed E-state index contributed by atoms with van der Waals surface area (Å²) in [5.74, 6) is 0. The van der Waals surface area contributed by atoms with Crippen molar-refractivity contribution in [2.75, 3.05) is 0 Å². The number of allylic oxidation sites excluding steroid dienone is 2. The Hall–Kier alpha value is -3.36. The van der Waals surface area contributed by atoms with Crippen molar-refractivity contribution in [2.45, 2.75) is 32.2 Å². The van der Waals surface area contributed by atoms with Crippen molar-refractivity contribution in [3.8, 4) is 22.3 Å². The van der Waals surface area contributed by atoms with Crippen LogP contribution < -0.4 is 0 Å². The first-order chi connectivity index (χ1) is 21.8. The molecule has 0 saturated carbocycles. The maximum absolute atomic E-state index is 8.29. The maximum atomic E-state index is 8.29. The number of nitrogens with zero attached hydrogens (tertiary/aromatic N) is 2. The Morgan fingerprint density at radius 3 is 1.40 bits per heavy atom. The molecule has 2 heterocycles. The second kappa shape index (κ2) is 10.6. The van der Waals surface area contributed by atoms with Crippen LogP contribution in [0.3, 0.4) is 0 Å². The number of fused-ring (bicyclic) bond motifs is 4. The van der Waals surface area contributed by atoms with Gasteiger partial charge in [0.25, 0.3) is 0 Å². The zero-order valence-corrected chi connectivity index (χ0v) is 29.5. The molecule has 45 heavy (non-hydrogen) atoms. The van der Waals surface area contributed by atoms with E-state index in [1.165, 1.54) is 44.5 Å².